The van der Waals surface area contributed by atoms with E-state index in [1.54, 1.807) is 31.2 Å². The molecule has 34 heavy (non-hydrogen) atoms. The predicted octanol–water partition coefficient (Wildman–Crippen LogP) is 3.98. The average Bonchev–Trinajstić information content (AvgIpc) is 3.05. The summed E-state index contributed by atoms with van der Waals surface area (Å²) in [5.74, 6) is -2.61. The van der Waals surface area contributed by atoms with Gasteiger partial charge in [0.2, 0.25) is 10.0 Å². The SMILES string of the molecule is CCOC(=O)C(C#N)C1(C#N)c2ccccc2S(=O)(=O)N1Cc1ccc(-c2ccccc2)cc1. The lowest BCUT2D eigenvalue weighted by Gasteiger charge is -2.33. The molecule has 3 aromatic rings. The van der Waals surface area contributed by atoms with Crippen LogP contribution in [0.5, 0.6) is 0 Å². The number of ether oxygens (including phenoxy) is 1. The molecule has 1 aliphatic heterocycles. The second kappa shape index (κ2) is 9.11. The molecule has 0 bridgehead atoms. The molecule has 2 atom stereocenters. The van der Waals surface area contributed by atoms with Gasteiger partial charge in [0, 0.05) is 12.1 Å². The van der Waals surface area contributed by atoms with E-state index < -0.39 is 27.4 Å². The summed E-state index contributed by atoms with van der Waals surface area (Å²) in [4.78, 5) is 12.6. The van der Waals surface area contributed by atoms with E-state index in [4.69, 9.17) is 4.74 Å². The third-order valence-electron chi connectivity index (χ3n) is 5.89. The van der Waals surface area contributed by atoms with E-state index in [1.165, 1.54) is 12.1 Å². The van der Waals surface area contributed by atoms with Crippen LogP contribution in [0.15, 0.2) is 83.8 Å². The highest BCUT2D eigenvalue weighted by Gasteiger charge is 2.61. The molecular formula is C26H21N3O4S. The first-order chi connectivity index (χ1) is 16.4. The maximum atomic E-state index is 13.6. The fraction of sp³-hybridized carbons (Fsp3) is 0.192. The number of rotatable bonds is 6. The van der Waals surface area contributed by atoms with E-state index in [9.17, 15) is 23.7 Å². The van der Waals surface area contributed by atoms with Gasteiger partial charge in [-0.3, -0.25) is 4.79 Å². The molecule has 0 saturated carbocycles. The number of carbonyl (C=O) groups excluding carboxylic acids is 1. The van der Waals surface area contributed by atoms with E-state index in [2.05, 4.69) is 0 Å². The van der Waals surface area contributed by atoms with Crippen LogP contribution in [0.25, 0.3) is 11.1 Å². The van der Waals surface area contributed by atoms with E-state index in [-0.39, 0.29) is 23.6 Å². The van der Waals surface area contributed by atoms with Crippen LogP contribution in [-0.2, 0) is 31.6 Å². The van der Waals surface area contributed by atoms with Crippen molar-refractivity contribution in [3.63, 3.8) is 0 Å². The quantitative estimate of drug-likeness (QED) is 0.503. The summed E-state index contributed by atoms with van der Waals surface area (Å²) in [5.41, 5.74) is 0.599. The number of fused-ring (bicyclic) bond motifs is 1. The Morgan fingerprint density at radius 3 is 2.21 bits per heavy atom. The summed E-state index contributed by atoms with van der Waals surface area (Å²) >= 11 is 0. The normalized spacial score (nSPS) is 19.4. The molecule has 0 radical (unpaired) electrons. The van der Waals surface area contributed by atoms with Gasteiger partial charge in [-0.2, -0.15) is 14.8 Å². The molecule has 170 valence electrons. The molecule has 0 aromatic heterocycles. The number of hydrogen-bond acceptors (Lipinski definition) is 6. The van der Waals surface area contributed by atoms with Gasteiger partial charge < -0.3 is 4.74 Å². The summed E-state index contributed by atoms with van der Waals surface area (Å²) in [7, 11) is -4.18. The zero-order valence-electron chi connectivity index (χ0n) is 18.4. The topological polar surface area (TPSA) is 111 Å². The molecule has 0 fully saturated rings. The fourth-order valence-corrected chi connectivity index (χ4v) is 6.21. The van der Waals surface area contributed by atoms with Crippen LogP contribution >= 0.6 is 0 Å². The summed E-state index contributed by atoms with van der Waals surface area (Å²) < 4.78 is 33.1. The van der Waals surface area contributed by atoms with Gasteiger partial charge >= 0.3 is 5.97 Å². The molecule has 1 aliphatic rings. The van der Waals surface area contributed by atoms with E-state index >= 15 is 0 Å². The minimum absolute atomic E-state index is 0.00608. The van der Waals surface area contributed by atoms with E-state index in [1.807, 2.05) is 54.6 Å². The van der Waals surface area contributed by atoms with Crippen LogP contribution in [0.3, 0.4) is 0 Å². The molecule has 7 nitrogen and oxygen atoms in total. The highest BCUT2D eigenvalue weighted by Crippen LogP contribution is 2.49. The van der Waals surface area contributed by atoms with Crippen LogP contribution in [0.2, 0.25) is 0 Å². The average molecular weight is 472 g/mol. The van der Waals surface area contributed by atoms with Gasteiger partial charge in [0.05, 0.1) is 23.6 Å². The van der Waals surface area contributed by atoms with Crippen LogP contribution in [0, 0.1) is 28.6 Å². The molecule has 1 heterocycles. The Morgan fingerprint density at radius 2 is 1.59 bits per heavy atom. The number of nitrogens with zero attached hydrogens (tertiary/aromatic N) is 3. The van der Waals surface area contributed by atoms with E-state index in [0.717, 1.165) is 15.4 Å². The Morgan fingerprint density at radius 1 is 0.971 bits per heavy atom. The fourth-order valence-electron chi connectivity index (χ4n) is 4.28. The Kier molecular flexibility index (Phi) is 6.21. The number of hydrogen-bond donors (Lipinski definition) is 0. The molecule has 0 N–H and O–H groups in total. The van der Waals surface area contributed by atoms with Crippen molar-refractivity contribution in [1.29, 1.82) is 10.5 Å². The summed E-state index contributed by atoms with van der Waals surface area (Å²) in [5, 5.41) is 20.2. The lowest BCUT2D eigenvalue weighted by Crippen LogP contribution is -2.50. The largest absolute Gasteiger partial charge is 0.465 e. The molecule has 0 saturated heterocycles. The van der Waals surface area contributed by atoms with Gasteiger partial charge in [0.25, 0.3) is 0 Å². The predicted molar refractivity (Wildman–Crippen MR) is 124 cm³/mol. The zero-order chi connectivity index (χ0) is 24.3. The van der Waals surface area contributed by atoms with Crippen LogP contribution < -0.4 is 0 Å². The van der Waals surface area contributed by atoms with Crippen molar-refractivity contribution < 1.29 is 17.9 Å². The Bertz CT molecular complexity index is 1410. The van der Waals surface area contributed by atoms with Crippen LogP contribution in [0.4, 0.5) is 0 Å². The highest BCUT2D eigenvalue weighted by molar-refractivity contribution is 7.89. The second-order valence-electron chi connectivity index (χ2n) is 7.76. The highest BCUT2D eigenvalue weighted by atomic mass is 32.2. The lowest BCUT2D eigenvalue weighted by atomic mass is 9.79. The van der Waals surface area contributed by atoms with Crippen LogP contribution in [0.1, 0.15) is 18.1 Å². The number of benzene rings is 3. The van der Waals surface area contributed by atoms with Crippen molar-refractivity contribution in [1.82, 2.24) is 4.31 Å². The third kappa shape index (κ3) is 3.63. The molecular weight excluding hydrogens is 450 g/mol. The first kappa shape index (κ1) is 23.2. The molecule has 0 aliphatic carbocycles. The maximum absolute atomic E-state index is 13.6. The van der Waals surface area contributed by atoms with Gasteiger partial charge in [-0.25, -0.2) is 8.42 Å². The van der Waals surface area contributed by atoms with Gasteiger partial charge in [-0.1, -0.05) is 72.8 Å². The monoisotopic (exact) mass is 471 g/mol. The minimum atomic E-state index is -4.18. The Labute approximate surface area is 198 Å². The first-order valence-corrected chi connectivity index (χ1v) is 12.1. The minimum Gasteiger partial charge on any atom is -0.465 e. The van der Waals surface area contributed by atoms with Crippen LogP contribution in [-0.4, -0.2) is 25.3 Å². The molecule has 8 heteroatoms. The van der Waals surface area contributed by atoms with Gasteiger partial charge in [-0.15, -0.1) is 0 Å². The Balaban J connectivity index is 1.82. The van der Waals surface area contributed by atoms with Gasteiger partial charge in [0.15, 0.2) is 11.5 Å². The summed E-state index contributed by atoms with van der Waals surface area (Å²) in [6, 6.07) is 26.8. The van der Waals surface area contributed by atoms with Crippen molar-refractivity contribution >= 4 is 16.0 Å². The summed E-state index contributed by atoms with van der Waals surface area (Å²) in [6.45, 7) is 1.38. The number of nitriles is 2. The van der Waals surface area contributed by atoms with Crippen molar-refractivity contribution in [2.75, 3.05) is 6.61 Å². The maximum Gasteiger partial charge on any atom is 0.326 e. The molecule has 0 amide bonds. The lowest BCUT2D eigenvalue weighted by molar-refractivity contribution is -0.149. The smallest absolute Gasteiger partial charge is 0.326 e. The number of esters is 1. The van der Waals surface area contributed by atoms with Gasteiger partial charge in [0.1, 0.15) is 0 Å². The molecule has 4 rings (SSSR count). The first-order valence-electron chi connectivity index (χ1n) is 10.6. The van der Waals surface area contributed by atoms with E-state index in [0.29, 0.717) is 5.56 Å². The number of carbonyl (C=O) groups is 1. The molecule has 0 spiro atoms. The number of sulfonamides is 1. The van der Waals surface area contributed by atoms with Crippen molar-refractivity contribution in [2.45, 2.75) is 23.9 Å². The standard InChI is InChI=1S/C26H21N3O4S/c1-2-33-25(30)23(16-27)26(18-28)22-10-6-7-11-24(22)34(31,32)29(26)17-19-12-14-21(15-13-19)20-8-4-3-5-9-20/h3-15,23H,2,17H2,1H3. The Hall–Kier alpha value is -3.98. The third-order valence-corrected chi connectivity index (χ3v) is 7.80. The van der Waals surface area contributed by atoms with Crippen molar-refractivity contribution in [2.24, 2.45) is 5.92 Å². The van der Waals surface area contributed by atoms with Crippen molar-refractivity contribution in [3.05, 3.63) is 90.0 Å². The zero-order valence-corrected chi connectivity index (χ0v) is 19.2. The second-order valence-corrected chi connectivity index (χ2v) is 9.59. The molecule has 2 unspecified atom stereocenters. The van der Waals surface area contributed by atoms with Crippen molar-refractivity contribution in [3.8, 4) is 23.3 Å². The molecule has 3 aromatic carbocycles. The summed E-state index contributed by atoms with van der Waals surface area (Å²) in [6.07, 6.45) is 0. The van der Waals surface area contributed by atoms with Gasteiger partial charge in [-0.05, 0) is 29.7 Å².